The second kappa shape index (κ2) is 3.88. The quantitative estimate of drug-likeness (QED) is 0.230. The second-order valence-corrected chi connectivity index (χ2v) is 6.26. The van der Waals surface area contributed by atoms with Crippen molar-refractivity contribution < 1.29 is 45.1 Å². The summed E-state index contributed by atoms with van der Waals surface area (Å²) in [5, 5.41) is 66.5. The minimum absolute atomic E-state index is 0.153. The van der Waals surface area contributed by atoms with Crippen LogP contribution in [0.2, 0.25) is 0 Å². The van der Waals surface area contributed by atoms with E-state index < -0.39 is 60.3 Å². The molecule has 4 aliphatic heterocycles. The predicted octanol–water partition coefficient (Wildman–Crippen LogP) is -8.07. The summed E-state index contributed by atoms with van der Waals surface area (Å²) in [6.45, 7) is -0.871. The molecule has 0 aromatic carbocycles. The van der Waals surface area contributed by atoms with E-state index in [0.717, 1.165) is 0 Å². The minimum atomic E-state index is -2.75. The van der Waals surface area contributed by atoms with Gasteiger partial charge in [-0.05, 0) is 0 Å². The molecule has 1 saturated carbocycles. The summed E-state index contributed by atoms with van der Waals surface area (Å²) >= 11 is 0. The molecule has 11 heteroatoms. The van der Waals surface area contributed by atoms with Crippen molar-refractivity contribution >= 4 is 5.96 Å². The standard InChI is InChI=1S/C11H16N3O8/c12-8-13-6(17)2-4-9(19,1-15)5-3(16)10(2,14-8)7(18)11(20,21-4)22-5/h2-7,15-19H,1H2,(H3,12,13,14)/q-1/p+1/t2?,3?,4?,5-,6?,7-,9?,10?,11?/m0/s1. The molecule has 3 saturated heterocycles. The maximum absolute atomic E-state index is 12.5. The highest BCUT2D eigenvalue weighted by Crippen LogP contribution is 2.56. The minimum Gasteiger partial charge on any atom is -0.805 e. The van der Waals surface area contributed by atoms with Gasteiger partial charge in [0.1, 0.15) is 36.0 Å². The van der Waals surface area contributed by atoms with Gasteiger partial charge in [0.25, 0.3) is 0 Å². The zero-order valence-electron chi connectivity index (χ0n) is 11.2. The molecule has 1 aliphatic carbocycles. The number of ether oxygens (including phenoxy) is 2. The van der Waals surface area contributed by atoms with Crippen molar-refractivity contribution in [2.75, 3.05) is 6.61 Å². The SMILES string of the molecule is NC1=[NH+]C(O)C2C3OC4([O-])O[C@@H](C(O)C2(N1)[C@@H]4O)C3(O)CO. The highest BCUT2D eigenvalue weighted by Gasteiger charge is 2.81. The van der Waals surface area contributed by atoms with E-state index in [1.54, 1.807) is 0 Å². The van der Waals surface area contributed by atoms with Crippen molar-refractivity contribution in [3.05, 3.63) is 0 Å². The van der Waals surface area contributed by atoms with E-state index in [-0.39, 0.29) is 5.96 Å². The Balaban J connectivity index is 1.95. The number of guanidine groups is 1. The fourth-order valence-corrected chi connectivity index (χ4v) is 4.28. The third-order valence-corrected chi connectivity index (χ3v) is 5.26. The first kappa shape index (κ1) is 14.5. The maximum Gasteiger partial charge on any atom is 0.343 e. The molecule has 11 nitrogen and oxygen atoms in total. The van der Waals surface area contributed by atoms with Crippen molar-refractivity contribution in [1.82, 2.24) is 5.32 Å². The number of nitrogens with two attached hydrogens (primary N) is 1. The Kier molecular flexibility index (Phi) is 2.57. The number of hydrogen-bond acceptors (Lipinski definition) is 10. The van der Waals surface area contributed by atoms with Crippen molar-refractivity contribution in [2.24, 2.45) is 11.7 Å². The van der Waals surface area contributed by atoms with Gasteiger partial charge in [0, 0.05) is 0 Å². The van der Waals surface area contributed by atoms with Crippen LogP contribution in [0.5, 0.6) is 0 Å². The molecule has 4 heterocycles. The highest BCUT2D eigenvalue weighted by atomic mass is 16.9. The van der Waals surface area contributed by atoms with E-state index in [0.29, 0.717) is 0 Å². The number of nitrogens with one attached hydrogen (secondary N) is 2. The molecule has 124 valence electrons. The molecular formula is C11H17N3O8. The van der Waals surface area contributed by atoms with E-state index in [1.807, 2.05) is 0 Å². The molecule has 4 fully saturated rings. The lowest BCUT2D eigenvalue weighted by molar-refractivity contribution is -0.719. The number of rotatable bonds is 1. The fraction of sp³-hybridized carbons (Fsp3) is 0.909. The Labute approximate surface area is 123 Å². The summed E-state index contributed by atoms with van der Waals surface area (Å²) in [6.07, 6.45) is -7.87. The first-order chi connectivity index (χ1) is 10.2. The smallest absolute Gasteiger partial charge is 0.343 e. The van der Waals surface area contributed by atoms with Crippen molar-refractivity contribution in [3.63, 3.8) is 0 Å². The van der Waals surface area contributed by atoms with Gasteiger partial charge in [-0.1, -0.05) is 0 Å². The largest absolute Gasteiger partial charge is 0.805 e. The molecule has 0 aromatic heterocycles. The van der Waals surface area contributed by atoms with Gasteiger partial charge in [-0.25, -0.2) is 0 Å². The van der Waals surface area contributed by atoms with E-state index in [1.165, 1.54) is 0 Å². The fourth-order valence-electron chi connectivity index (χ4n) is 4.28. The molecule has 0 aromatic rings. The van der Waals surface area contributed by atoms with Crippen LogP contribution in [0, 0.1) is 5.92 Å². The van der Waals surface area contributed by atoms with Gasteiger partial charge in [0.15, 0.2) is 11.8 Å². The zero-order valence-corrected chi connectivity index (χ0v) is 11.2. The predicted molar refractivity (Wildman–Crippen MR) is 62.0 cm³/mol. The third-order valence-electron chi connectivity index (χ3n) is 5.26. The Bertz CT molecular complexity index is 561. The average molecular weight is 319 g/mol. The lowest BCUT2D eigenvalue weighted by Gasteiger charge is -2.73. The number of aliphatic hydroxyl groups excluding tert-OH is 4. The first-order valence-electron chi connectivity index (χ1n) is 6.81. The summed E-state index contributed by atoms with van der Waals surface area (Å²) in [5.74, 6) is -4.07. The summed E-state index contributed by atoms with van der Waals surface area (Å²) in [4.78, 5) is 2.45. The normalized spacial score (nSPS) is 62.4. The monoisotopic (exact) mass is 319 g/mol. The third kappa shape index (κ3) is 1.28. The van der Waals surface area contributed by atoms with Gasteiger partial charge in [0.05, 0.1) is 12.5 Å². The van der Waals surface area contributed by atoms with Crippen LogP contribution in [0.1, 0.15) is 0 Å². The zero-order chi connectivity index (χ0) is 16.1. The van der Waals surface area contributed by atoms with Crippen molar-refractivity contribution in [3.8, 4) is 0 Å². The van der Waals surface area contributed by atoms with E-state index in [4.69, 9.17) is 15.2 Å². The van der Waals surface area contributed by atoms with Gasteiger partial charge < -0.3 is 40.1 Å². The summed E-state index contributed by atoms with van der Waals surface area (Å²) in [7, 11) is 0. The molecule has 0 amide bonds. The van der Waals surface area contributed by atoms with Gasteiger partial charge >= 0.3 is 5.96 Å². The van der Waals surface area contributed by atoms with Crippen LogP contribution < -0.4 is 21.1 Å². The molecule has 1 spiro atoms. The number of aliphatic hydroxyl groups is 5. The van der Waals surface area contributed by atoms with Gasteiger partial charge in [-0.3, -0.25) is 16.0 Å². The molecule has 4 bridgehead atoms. The van der Waals surface area contributed by atoms with Crippen LogP contribution >= 0.6 is 0 Å². The van der Waals surface area contributed by atoms with Crippen LogP contribution in [0.25, 0.3) is 0 Å². The summed E-state index contributed by atoms with van der Waals surface area (Å²) < 4.78 is 10.1. The van der Waals surface area contributed by atoms with Gasteiger partial charge in [-0.15, -0.1) is 0 Å². The lowest BCUT2D eigenvalue weighted by atomic mass is 9.55. The van der Waals surface area contributed by atoms with Crippen molar-refractivity contribution in [1.29, 1.82) is 0 Å². The maximum atomic E-state index is 12.5. The molecule has 0 radical (unpaired) electrons. The molecule has 9 atom stereocenters. The Morgan fingerprint density at radius 1 is 1.27 bits per heavy atom. The molecule has 22 heavy (non-hydrogen) atoms. The highest BCUT2D eigenvalue weighted by molar-refractivity contribution is 5.74. The van der Waals surface area contributed by atoms with Gasteiger partial charge in [0.2, 0.25) is 0 Å². The van der Waals surface area contributed by atoms with Crippen LogP contribution in [-0.2, 0) is 9.47 Å². The van der Waals surface area contributed by atoms with Crippen LogP contribution in [0.4, 0.5) is 0 Å². The molecular weight excluding hydrogens is 302 g/mol. The van der Waals surface area contributed by atoms with Crippen molar-refractivity contribution in [2.45, 2.75) is 47.8 Å². The number of hydrogen-bond donors (Lipinski definition) is 8. The summed E-state index contributed by atoms with van der Waals surface area (Å²) in [5.41, 5.74) is 1.72. The Hall–Kier alpha value is -1.05. The molecule has 9 N–H and O–H groups in total. The lowest BCUT2D eigenvalue weighted by Crippen LogP contribution is -3.04. The van der Waals surface area contributed by atoms with Crippen LogP contribution in [0.15, 0.2) is 0 Å². The average Bonchev–Trinajstić information content (AvgIpc) is 2.45. The van der Waals surface area contributed by atoms with Crippen LogP contribution in [-0.4, -0.2) is 85.9 Å². The van der Waals surface area contributed by atoms with E-state index in [2.05, 4.69) is 10.3 Å². The van der Waals surface area contributed by atoms with Crippen LogP contribution in [0.3, 0.4) is 0 Å². The Morgan fingerprint density at radius 3 is 2.55 bits per heavy atom. The molecule has 5 rings (SSSR count). The van der Waals surface area contributed by atoms with E-state index in [9.17, 15) is 30.6 Å². The first-order valence-corrected chi connectivity index (χ1v) is 6.81. The Morgan fingerprint density at radius 2 is 1.91 bits per heavy atom. The topological polar surface area (TPSA) is 195 Å². The summed E-state index contributed by atoms with van der Waals surface area (Å²) in [6, 6.07) is 0. The van der Waals surface area contributed by atoms with Gasteiger partial charge in [-0.2, -0.15) is 0 Å². The van der Waals surface area contributed by atoms with E-state index >= 15 is 0 Å². The molecule has 7 unspecified atom stereocenters. The molecule has 5 aliphatic rings. The second-order valence-electron chi connectivity index (χ2n) is 6.26.